The standard InChI is InChI=1S/C37H32N2O4/c1-38(24-26-10-4-2-5-11-26)28-16-18-32-34(22-28)42-35-23-29(39(20-21-40)25-27-12-6-3-7-13-27)17-19-33(35)37(32)31-15-9-8-14-30(31)36(41)43-37/h2-19,22-23,40H,20-21,24-25H2,1H3. The molecule has 0 aromatic heterocycles. The third-order valence-corrected chi connectivity index (χ3v) is 8.34. The van der Waals surface area contributed by atoms with Crippen LogP contribution in [0, 0.1) is 0 Å². The van der Waals surface area contributed by atoms with Crippen LogP contribution in [0.1, 0.15) is 38.2 Å². The Morgan fingerprint density at radius 1 is 0.674 bits per heavy atom. The molecule has 1 unspecified atom stereocenters. The summed E-state index contributed by atoms with van der Waals surface area (Å²) in [6.45, 7) is 1.84. The van der Waals surface area contributed by atoms with Gasteiger partial charge in [0, 0.05) is 66.9 Å². The first-order valence-corrected chi connectivity index (χ1v) is 14.5. The van der Waals surface area contributed by atoms with E-state index in [2.05, 4.69) is 47.2 Å². The zero-order valence-corrected chi connectivity index (χ0v) is 23.9. The molecular formula is C37H32N2O4. The zero-order valence-electron chi connectivity index (χ0n) is 23.9. The summed E-state index contributed by atoms with van der Waals surface area (Å²) in [6.07, 6.45) is 0. The van der Waals surface area contributed by atoms with Gasteiger partial charge in [0.2, 0.25) is 0 Å². The van der Waals surface area contributed by atoms with Crippen LogP contribution in [0.15, 0.2) is 121 Å². The molecule has 1 atom stereocenters. The lowest BCUT2D eigenvalue weighted by Gasteiger charge is -2.37. The van der Waals surface area contributed by atoms with Crippen LogP contribution >= 0.6 is 0 Å². The summed E-state index contributed by atoms with van der Waals surface area (Å²) in [5, 5.41) is 9.90. The van der Waals surface area contributed by atoms with Gasteiger partial charge < -0.3 is 24.4 Å². The molecule has 0 saturated heterocycles. The number of benzene rings is 5. The number of anilines is 2. The van der Waals surface area contributed by atoms with Crippen molar-refractivity contribution in [2.45, 2.75) is 18.7 Å². The molecule has 7 rings (SSSR count). The summed E-state index contributed by atoms with van der Waals surface area (Å²) in [7, 11) is 2.06. The smallest absolute Gasteiger partial charge is 0.340 e. The van der Waals surface area contributed by atoms with Crippen LogP contribution in [0.4, 0.5) is 11.4 Å². The summed E-state index contributed by atoms with van der Waals surface area (Å²) in [5.74, 6) is 0.909. The number of hydrogen-bond acceptors (Lipinski definition) is 6. The molecule has 2 heterocycles. The molecule has 43 heavy (non-hydrogen) atoms. The maximum Gasteiger partial charge on any atom is 0.340 e. The second-order valence-electron chi connectivity index (χ2n) is 11.1. The molecule has 2 aliphatic heterocycles. The van der Waals surface area contributed by atoms with Crippen molar-refractivity contribution >= 4 is 17.3 Å². The maximum atomic E-state index is 13.3. The summed E-state index contributed by atoms with van der Waals surface area (Å²) < 4.78 is 13.0. The van der Waals surface area contributed by atoms with Crippen LogP contribution in [-0.2, 0) is 23.4 Å². The first kappa shape index (κ1) is 26.8. The average Bonchev–Trinajstić information content (AvgIpc) is 3.34. The highest BCUT2D eigenvalue weighted by Gasteiger charge is 2.53. The number of aliphatic hydroxyl groups excluding tert-OH is 1. The molecule has 0 amide bonds. The molecule has 5 aromatic carbocycles. The van der Waals surface area contributed by atoms with Crippen LogP contribution in [0.5, 0.6) is 11.5 Å². The molecule has 5 aromatic rings. The number of rotatable bonds is 8. The average molecular weight is 569 g/mol. The predicted octanol–water partition coefficient (Wildman–Crippen LogP) is 6.89. The van der Waals surface area contributed by atoms with Crippen molar-refractivity contribution in [3.8, 4) is 11.5 Å². The van der Waals surface area contributed by atoms with Gasteiger partial charge in [0.15, 0.2) is 5.60 Å². The topological polar surface area (TPSA) is 62.2 Å². The number of aliphatic hydroxyl groups is 1. The van der Waals surface area contributed by atoms with E-state index in [1.54, 1.807) is 0 Å². The summed E-state index contributed by atoms with van der Waals surface area (Å²) >= 11 is 0. The second-order valence-corrected chi connectivity index (χ2v) is 11.1. The number of esters is 1. The molecule has 0 bridgehead atoms. The fraction of sp³-hybridized carbons (Fsp3) is 0.162. The summed E-state index contributed by atoms with van der Waals surface area (Å²) in [5.41, 5.74) is 6.04. The molecule has 2 aliphatic rings. The molecule has 6 heteroatoms. The van der Waals surface area contributed by atoms with Crippen molar-refractivity contribution in [3.63, 3.8) is 0 Å². The Kier molecular flexibility index (Phi) is 6.84. The third-order valence-electron chi connectivity index (χ3n) is 8.34. The van der Waals surface area contributed by atoms with E-state index in [9.17, 15) is 9.90 Å². The normalized spacial score (nSPS) is 16.1. The lowest BCUT2D eigenvalue weighted by Crippen LogP contribution is -2.33. The summed E-state index contributed by atoms with van der Waals surface area (Å²) in [4.78, 5) is 17.6. The quantitative estimate of drug-likeness (QED) is 0.206. The number of carbonyl (C=O) groups is 1. The number of carbonyl (C=O) groups excluding carboxylic acids is 1. The Morgan fingerprint density at radius 3 is 1.93 bits per heavy atom. The Bertz CT molecular complexity index is 1790. The predicted molar refractivity (Wildman–Crippen MR) is 168 cm³/mol. The SMILES string of the molecule is CN(Cc1ccccc1)c1ccc2c(c1)Oc1cc(N(CCO)Cc3ccccc3)ccc1C21OC(=O)c2ccccc21. The minimum atomic E-state index is -1.13. The Morgan fingerprint density at radius 2 is 1.26 bits per heavy atom. The van der Waals surface area contributed by atoms with Gasteiger partial charge in [-0.3, -0.25) is 0 Å². The van der Waals surface area contributed by atoms with E-state index in [1.165, 1.54) is 5.56 Å². The van der Waals surface area contributed by atoms with Crippen molar-refractivity contribution in [1.82, 2.24) is 0 Å². The van der Waals surface area contributed by atoms with Crippen molar-refractivity contribution in [2.75, 3.05) is 30.0 Å². The van der Waals surface area contributed by atoms with Gasteiger partial charge in [-0.15, -0.1) is 0 Å². The lowest BCUT2D eigenvalue weighted by molar-refractivity contribution is 0.0224. The molecule has 0 radical (unpaired) electrons. The zero-order chi connectivity index (χ0) is 29.4. The van der Waals surface area contributed by atoms with Gasteiger partial charge in [-0.1, -0.05) is 78.9 Å². The van der Waals surface area contributed by atoms with Crippen molar-refractivity contribution in [3.05, 3.63) is 155 Å². The van der Waals surface area contributed by atoms with E-state index >= 15 is 0 Å². The van der Waals surface area contributed by atoms with Gasteiger partial charge in [-0.05, 0) is 41.5 Å². The number of hydrogen-bond donors (Lipinski definition) is 1. The molecule has 0 saturated carbocycles. The number of nitrogens with zero attached hydrogens (tertiary/aromatic N) is 2. The molecular weight excluding hydrogens is 536 g/mol. The van der Waals surface area contributed by atoms with Crippen molar-refractivity contribution in [2.24, 2.45) is 0 Å². The van der Waals surface area contributed by atoms with Crippen LogP contribution < -0.4 is 14.5 Å². The Balaban J connectivity index is 1.33. The maximum absolute atomic E-state index is 13.3. The van der Waals surface area contributed by atoms with Gasteiger partial charge in [0.05, 0.1) is 12.2 Å². The highest BCUT2D eigenvalue weighted by atomic mass is 16.6. The lowest BCUT2D eigenvalue weighted by atomic mass is 9.77. The third kappa shape index (κ3) is 4.70. The Hall–Kier alpha value is -5.07. The van der Waals surface area contributed by atoms with Gasteiger partial charge in [-0.2, -0.15) is 0 Å². The van der Waals surface area contributed by atoms with E-state index in [-0.39, 0.29) is 12.6 Å². The van der Waals surface area contributed by atoms with E-state index < -0.39 is 5.60 Å². The fourth-order valence-corrected chi connectivity index (χ4v) is 6.26. The molecule has 6 nitrogen and oxygen atoms in total. The monoisotopic (exact) mass is 568 g/mol. The van der Waals surface area contributed by atoms with Crippen LogP contribution in [0.3, 0.4) is 0 Å². The number of fused-ring (bicyclic) bond motifs is 6. The molecule has 0 aliphatic carbocycles. The summed E-state index contributed by atoms with van der Waals surface area (Å²) in [6, 6.07) is 40.2. The van der Waals surface area contributed by atoms with E-state index in [4.69, 9.17) is 9.47 Å². The van der Waals surface area contributed by atoms with Crippen LogP contribution in [0.2, 0.25) is 0 Å². The van der Waals surface area contributed by atoms with E-state index in [0.717, 1.165) is 40.2 Å². The second kappa shape index (κ2) is 11.0. The molecule has 1 N–H and O–H groups in total. The Labute approximate surface area is 251 Å². The molecule has 0 fully saturated rings. The van der Waals surface area contributed by atoms with E-state index in [0.29, 0.717) is 30.2 Å². The highest BCUT2D eigenvalue weighted by Crippen LogP contribution is 2.57. The van der Waals surface area contributed by atoms with Gasteiger partial charge >= 0.3 is 5.97 Å². The largest absolute Gasteiger partial charge is 0.456 e. The van der Waals surface area contributed by atoms with Crippen molar-refractivity contribution < 1.29 is 19.4 Å². The minimum Gasteiger partial charge on any atom is -0.456 e. The number of ether oxygens (including phenoxy) is 2. The van der Waals surface area contributed by atoms with Crippen LogP contribution in [-0.4, -0.2) is 31.3 Å². The fourth-order valence-electron chi connectivity index (χ4n) is 6.26. The first-order chi connectivity index (χ1) is 21.1. The minimum absolute atomic E-state index is 0.0135. The molecule has 214 valence electrons. The van der Waals surface area contributed by atoms with Gasteiger partial charge in [-0.25, -0.2) is 4.79 Å². The van der Waals surface area contributed by atoms with E-state index in [1.807, 2.05) is 91.0 Å². The van der Waals surface area contributed by atoms with Gasteiger partial charge in [0.25, 0.3) is 0 Å². The van der Waals surface area contributed by atoms with Gasteiger partial charge in [0.1, 0.15) is 11.5 Å². The van der Waals surface area contributed by atoms with Crippen LogP contribution in [0.25, 0.3) is 0 Å². The van der Waals surface area contributed by atoms with Crippen molar-refractivity contribution in [1.29, 1.82) is 0 Å². The highest BCUT2D eigenvalue weighted by molar-refractivity contribution is 5.97. The first-order valence-electron chi connectivity index (χ1n) is 14.5. The molecule has 1 spiro atoms.